The molecule has 1 heterocycles. The first-order valence-corrected chi connectivity index (χ1v) is 15.0. The van der Waals surface area contributed by atoms with Gasteiger partial charge in [0.15, 0.2) is 11.0 Å². The summed E-state index contributed by atoms with van der Waals surface area (Å²) in [7, 11) is 0. The van der Waals surface area contributed by atoms with Gasteiger partial charge in [0.1, 0.15) is 24.2 Å². The Bertz CT molecular complexity index is 1180. The molecule has 1 fully saturated rings. The lowest BCUT2D eigenvalue weighted by Gasteiger charge is -2.36. The third-order valence-electron chi connectivity index (χ3n) is 6.85. The molecule has 9 heteroatoms. The van der Waals surface area contributed by atoms with E-state index < -0.39 is 0 Å². The Hall–Kier alpha value is -2.52. The molecule has 4 rings (SSSR count). The van der Waals surface area contributed by atoms with Crippen molar-refractivity contribution in [3.05, 3.63) is 58.8 Å². The minimum atomic E-state index is -0.214. The number of hydrogen-bond donors (Lipinski definition) is 0. The highest BCUT2D eigenvalue weighted by atomic mass is 79.9. The molecule has 0 spiro atoms. The summed E-state index contributed by atoms with van der Waals surface area (Å²) >= 11 is 4.77. The monoisotopic (exact) mass is 601 g/mol. The van der Waals surface area contributed by atoms with Crippen molar-refractivity contribution in [1.29, 1.82) is 0 Å². The van der Waals surface area contributed by atoms with Crippen molar-refractivity contribution in [3.8, 4) is 17.2 Å². The van der Waals surface area contributed by atoms with E-state index in [-0.39, 0.29) is 24.4 Å². The van der Waals surface area contributed by atoms with Gasteiger partial charge < -0.3 is 14.2 Å². The van der Waals surface area contributed by atoms with E-state index in [0.717, 1.165) is 34.5 Å². The molecule has 7 nitrogen and oxygen atoms in total. The highest BCUT2D eigenvalue weighted by Crippen LogP contribution is 2.35. The zero-order valence-electron chi connectivity index (χ0n) is 22.4. The van der Waals surface area contributed by atoms with E-state index in [1.165, 1.54) is 18.2 Å². The fourth-order valence-electron chi connectivity index (χ4n) is 4.86. The van der Waals surface area contributed by atoms with Gasteiger partial charge in [0.2, 0.25) is 0 Å². The maximum Gasteiger partial charge on any atom is 0.316 e. The average Bonchev–Trinajstić information content (AvgIpc) is 3.30. The van der Waals surface area contributed by atoms with E-state index in [1.54, 1.807) is 0 Å². The molecule has 3 aromatic rings. The number of rotatable bonds is 11. The second-order valence-corrected chi connectivity index (χ2v) is 11.9. The predicted octanol–water partition coefficient (Wildman–Crippen LogP) is 7.10. The molecule has 0 saturated heterocycles. The number of ether oxygens (including phenoxy) is 3. The van der Waals surface area contributed by atoms with Crippen LogP contribution in [0.1, 0.15) is 52.8 Å². The number of benzene rings is 2. The van der Waals surface area contributed by atoms with Gasteiger partial charge in [-0.3, -0.25) is 9.36 Å². The third kappa shape index (κ3) is 7.53. The molecular formula is C29H36BrN3O4S. The van der Waals surface area contributed by atoms with Crippen LogP contribution in [0.25, 0.3) is 5.69 Å². The topological polar surface area (TPSA) is 75.5 Å². The van der Waals surface area contributed by atoms with Crippen LogP contribution < -0.4 is 9.47 Å². The third-order valence-corrected chi connectivity index (χ3v) is 8.28. The van der Waals surface area contributed by atoms with Crippen LogP contribution in [-0.4, -0.2) is 39.2 Å². The van der Waals surface area contributed by atoms with Crippen LogP contribution in [0.3, 0.4) is 0 Å². The van der Waals surface area contributed by atoms with Gasteiger partial charge in [0.05, 0.1) is 12.4 Å². The standard InChI is InChI=1S/C29H36BrN3O4S/c1-5-35-23-13-9-22(10-14-23)33-27(17-36-24-11-7-21(30)8-12-24)31-32-29(33)38-18-28(34)37-26-16-20(4)6-15-25(26)19(2)3/h7-14,19-20,25-26H,5-6,15-18H2,1-4H3. The van der Waals surface area contributed by atoms with Gasteiger partial charge in [0.25, 0.3) is 0 Å². The Morgan fingerprint density at radius 2 is 1.74 bits per heavy atom. The van der Waals surface area contributed by atoms with Crippen molar-refractivity contribution >= 4 is 33.7 Å². The van der Waals surface area contributed by atoms with Crippen molar-refractivity contribution in [2.24, 2.45) is 17.8 Å². The van der Waals surface area contributed by atoms with Gasteiger partial charge in [-0.05, 0) is 86.1 Å². The Kier molecular flexibility index (Phi) is 10.1. The van der Waals surface area contributed by atoms with Crippen LogP contribution in [0.15, 0.2) is 58.2 Å². The van der Waals surface area contributed by atoms with Crippen LogP contribution in [0.4, 0.5) is 0 Å². The maximum absolute atomic E-state index is 12.9. The maximum atomic E-state index is 12.9. The molecule has 0 aliphatic heterocycles. The van der Waals surface area contributed by atoms with Crippen LogP contribution in [0.5, 0.6) is 11.5 Å². The molecule has 0 bridgehead atoms. The fourth-order valence-corrected chi connectivity index (χ4v) is 5.88. The van der Waals surface area contributed by atoms with Gasteiger partial charge in [0, 0.05) is 10.2 Å². The number of carbonyl (C=O) groups is 1. The van der Waals surface area contributed by atoms with Gasteiger partial charge in [-0.15, -0.1) is 10.2 Å². The predicted molar refractivity (Wildman–Crippen MR) is 153 cm³/mol. The zero-order chi connectivity index (χ0) is 27.1. The normalized spacial score (nSPS) is 19.4. The van der Waals surface area contributed by atoms with E-state index in [2.05, 4.69) is 46.9 Å². The molecule has 1 aromatic heterocycles. The lowest BCUT2D eigenvalue weighted by atomic mass is 9.75. The van der Waals surface area contributed by atoms with Crippen LogP contribution in [0.2, 0.25) is 0 Å². The van der Waals surface area contributed by atoms with Crippen molar-refractivity contribution in [1.82, 2.24) is 14.8 Å². The summed E-state index contributed by atoms with van der Waals surface area (Å²) in [5.74, 6) is 3.58. The SMILES string of the molecule is CCOc1ccc(-n2c(COc3ccc(Br)cc3)nnc2SCC(=O)OC2CC(C)CCC2C(C)C)cc1. The first kappa shape index (κ1) is 28.5. The van der Waals surface area contributed by atoms with Crippen LogP contribution in [-0.2, 0) is 16.1 Å². The molecule has 3 atom stereocenters. The molecule has 1 aliphatic rings. The number of thioether (sulfide) groups is 1. The second kappa shape index (κ2) is 13.5. The first-order valence-electron chi connectivity index (χ1n) is 13.2. The smallest absolute Gasteiger partial charge is 0.316 e. The summed E-state index contributed by atoms with van der Waals surface area (Å²) in [5, 5.41) is 9.41. The summed E-state index contributed by atoms with van der Waals surface area (Å²) in [6, 6.07) is 15.4. The quantitative estimate of drug-likeness (QED) is 0.171. The second-order valence-electron chi connectivity index (χ2n) is 10.0. The molecule has 0 amide bonds. The number of esters is 1. The van der Waals surface area contributed by atoms with Gasteiger partial charge >= 0.3 is 5.97 Å². The van der Waals surface area contributed by atoms with Crippen molar-refractivity contribution < 1.29 is 19.0 Å². The molecular weight excluding hydrogens is 566 g/mol. The molecule has 2 aromatic carbocycles. The summed E-state index contributed by atoms with van der Waals surface area (Å²) in [6.07, 6.45) is 3.21. The highest BCUT2D eigenvalue weighted by molar-refractivity contribution is 9.10. The number of aromatic nitrogens is 3. The largest absolute Gasteiger partial charge is 0.494 e. The Morgan fingerprint density at radius 3 is 2.42 bits per heavy atom. The molecule has 0 N–H and O–H groups in total. The Balaban J connectivity index is 1.49. The summed E-state index contributed by atoms with van der Waals surface area (Å²) < 4.78 is 20.5. The zero-order valence-corrected chi connectivity index (χ0v) is 24.8. The summed E-state index contributed by atoms with van der Waals surface area (Å²) in [4.78, 5) is 12.9. The van der Waals surface area contributed by atoms with Crippen molar-refractivity contribution in [3.63, 3.8) is 0 Å². The number of hydrogen-bond acceptors (Lipinski definition) is 7. The summed E-state index contributed by atoms with van der Waals surface area (Å²) in [6.45, 7) is 9.45. The number of nitrogens with zero attached hydrogens (tertiary/aromatic N) is 3. The number of carbonyl (C=O) groups excluding carboxylic acids is 1. The van der Waals surface area contributed by atoms with E-state index >= 15 is 0 Å². The van der Waals surface area contributed by atoms with Crippen molar-refractivity contribution in [2.45, 2.75) is 64.8 Å². The van der Waals surface area contributed by atoms with E-state index in [0.29, 0.717) is 35.3 Å². The Labute approximate surface area is 237 Å². The molecule has 1 aliphatic carbocycles. The minimum Gasteiger partial charge on any atom is -0.494 e. The summed E-state index contributed by atoms with van der Waals surface area (Å²) in [5.41, 5.74) is 0.865. The highest BCUT2D eigenvalue weighted by Gasteiger charge is 2.33. The van der Waals surface area contributed by atoms with Crippen LogP contribution >= 0.6 is 27.7 Å². The molecule has 0 radical (unpaired) electrons. The van der Waals surface area contributed by atoms with E-state index in [1.807, 2.05) is 60.0 Å². The number of halogens is 1. The fraction of sp³-hybridized carbons (Fsp3) is 0.483. The molecule has 204 valence electrons. The molecule has 1 saturated carbocycles. The lowest BCUT2D eigenvalue weighted by molar-refractivity contribution is -0.152. The Morgan fingerprint density at radius 1 is 1.05 bits per heavy atom. The van der Waals surface area contributed by atoms with Gasteiger partial charge in [-0.25, -0.2) is 0 Å². The van der Waals surface area contributed by atoms with E-state index in [4.69, 9.17) is 14.2 Å². The first-order chi connectivity index (χ1) is 18.3. The minimum absolute atomic E-state index is 0.0225. The molecule has 3 unspecified atom stereocenters. The van der Waals surface area contributed by atoms with Crippen molar-refractivity contribution in [2.75, 3.05) is 12.4 Å². The van der Waals surface area contributed by atoms with Gasteiger partial charge in [-0.2, -0.15) is 0 Å². The molecule has 38 heavy (non-hydrogen) atoms. The van der Waals surface area contributed by atoms with Crippen LogP contribution in [0, 0.1) is 17.8 Å². The van der Waals surface area contributed by atoms with Gasteiger partial charge in [-0.1, -0.05) is 54.9 Å². The average molecular weight is 603 g/mol. The lowest BCUT2D eigenvalue weighted by Crippen LogP contribution is -2.36. The van der Waals surface area contributed by atoms with E-state index in [9.17, 15) is 4.79 Å².